The Hall–Kier alpha value is -1.31. The molecule has 0 N–H and O–H groups in total. The lowest BCUT2D eigenvalue weighted by atomic mass is 10.2. The lowest BCUT2D eigenvalue weighted by molar-refractivity contribution is -0.131. The topological polar surface area (TPSA) is 55.7 Å². The molecule has 22 heavy (non-hydrogen) atoms. The van der Waals surface area contributed by atoms with Crippen LogP contribution in [-0.4, -0.2) is 21.2 Å². The van der Waals surface area contributed by atoms with Gasteiger partial charge in [-0.25, -0.2) is 4.99 Å². The number of carbonyl (C=O) groups is 2. The van der Waals surface area contributed by atoms with E-state index in [-0.39, 0.29) is 5.12 Å². The number of aliphatic imine (C=N–C) groups is 1. The zero-order valence-corrected chi connectivity index (χ0v) is 14.9. The summed E-state index contributed by atoms with van der Waals surface area (Å²) in [6.07, 6.45) is 3.44. The number of hydrogen-bond donors (Lipinski definition) is 0. The maximum atomic E-state index is 12.0. The molecule has 0 aliphatic carbocycles. The van der Waals surface area contributed by atoms with E-state index in [0.717, 1.165) is 21.8 Å². The molecule has 7 heteroatoms. The number of halogens is 1. The highest BCUT2D eigenvalue weighted by Gasteiger charge is 2.22. The first kappa shape index (κ1) is 17.1. The fourth-order valence-electron chi connectivity index (χ4n) is 1.59. The fourth-order valence-corrected chi connectivity index (χ4v) is 3.55. The minimum atomic E-state index is -0.394. The van der Waals surface area contributed by atoms with Crippen molar-refractivity contribution in [2.45, 2.75) is 6.92 Å². The van der Waals surface area contributed by atoms with Crippen molar-refractivity contribution in [3.8, 4) is 5.75 Å². The largest absolute Gasteiger partial charge is 0.427 e. The minimum Gasteiger partial charge on any atom is -0.427 e. The van der Waals surface area contributed by atoms with Crippen LogP contribution in [0.3, 0.4) is 0 Å². The van der Waals surface area contributed by atoms with Crippen molar-refractivity contribution in [2.24, 2.45) is 4.99 Å². The summed E-state index contributed by atoms with van der Waals surface area (Å²) in [7, 11) is 0. The van der Waals surface area contributed by atoms with E-state index in [9.17, 15) is 9.59 Å². The van der Waals surface area contributed by atoms with E-state index in [1.165, 1.54) is 18.7 Å². The lowest BCUT2D eigenvalue weighted by Gasteiger charge is -2.04. The summed E-state index contributed by atoms with van der Waals surface area (Å²) in [4.78, 5) is 27.3. The summed E-state index contributed by atoms with van der Waals surface area (Å²) >= 11 is 5.99. The first-order chi connectivity index (χ1) is 10.5. The highest BCUT2D eigenvalue weighted by atomic mass is 79.9. The van der Waals surface area contributed by atoms with Gasteiger partial charge in [0.15, 0.2) is 0 Å². The van der Waals surface area contributed by atoms with Gasteiger partial charge in [-0.3, -0.25) is 9.59 Å². The Labute approximate surface area is 145 Å². The molecule has 1 aliphatic heterocycles. The van der Waals surface area contributed by atoms with Gasteiger partial charge < -0.3 is 4.74 Å². The van der Waals surface area contributed by atoms with Crippen molar-refractivity contribution in [1.29, 1.82) is 0 Å². The average molecular weight is 398 g/mol. The minimum absolute atomic E-state index is 0.101. The zero-order valence-electron chi connectivity index (χ0n) is 11.7. The second kappa shape index (κ2) is 7.80. The molecule has 0 radical (unpaired) electrons. The molecule has 0 amide bonds. The summed E-state index contributed by atoms with van der Waals surface area (Å²) in [5.74, 6) is 0.735. The molecule has 0 atom stereocenters. The molecular weight excluding hydrogens is 386 g/mol. The highest BCUT2D eigenvalue weighted by Crippen LogP contribution is 2.33. The summed E-state index contributed by atoms with van der Waals surface area (Å²) < 4.78 is 6.54. The third kappa shape index (κ3) is 4.59. The van der Waals surface area contributed by atoms with Crippen molar-refractivity contribution < 1.29 is 14.3 Å². The number of rotatable bonds is 4. The van der Waals surface area contributed by atoms with Crippen LogP contribution in [0, 0.1) is 0 Å². The number of esters is 1. The molecule has 0 saturated carbocycles. The molecule has 0 spiro atoms. The molecule has 0 fully saturated rings. The molecule has 1 aliphatic rings. The smallest absolute Gasteiger partial charge is 0.308 e. The van der Waals surface area contributed by atoms with Gasteiger partial charge in [-0.1, -0.05) is 33.8 Å². The van der Waals surface area contributed by atoms with E-state index in [4.69, 9.17) is 4.74 Å². The van der Waals surface area contributed by atoms with Crippen LogP contribution in [0.5, 0.6) is 5.75 Å². The highest BCUT2D eigenvalue weighted by molar-refractivity contribution is 9.10. The fraction of sp³-hybridized carbons (Fsp3) is 0.133. The third-order valence-corrected chi connectivity index (χ3v) is 5.17. The van der Waals surface area contributed by atoms with E-state index in [2.05, 4.69) is 27.5 Å². The van der Waals surface area contributed by atoms with Gasteiger partial charge in [0.2, 0.25) is 5.12 Å². The van der Waals surface area contributed by atoms with Crippen LogP contribution in [0.1, 0.15) is 12.5 Å². The van der Waals surface area contributed by atoms with Gasteiger partial charge in [0.05, 0.1) is 0 Å². The number of thioether (sulfide) groups is 2. The first-order valence-electron chi connectivity index (χ1n) is 6.24. The molecule has 0 unspecified atom stereocenters. The van der Waals surface area contributed by atoms with Crippen LogP contribution >= 0.6 is 39.5 Å². The standard InChI is InChI=1S/C15H12BrNO3S2/c1-3-6-21-15-17-13(14(19)22-15)8-10-7-11(20-9(2)18)4-5-12(10)16/h3-5,7-8H,1,6H2,2H3/b13-8+. The Bertz CT molecular complexity index is 698. The molecule has 0 aromatic heterocycles. The van der Waals surface area contributed by atoms with E-state index < -0.39 is 5.97 Å². The Kier molecular flexibility index (Phi) is 6.05. The monoisotopic (exact) mass is 397 g/mol. The van der Waals surface area contributed by atoms with Crippen molar-refractivity contribution in [2.75, 3.05) is 5.75 Å². The van der Waals surface area contributed by atoms with Crippen LogP contribution in [-0.2, 0) is 9.59 Å². The normalized spacial score (nSPS) is 15.8. The molecule has 0 saturated heterocycles. The summed E-state index contributed by atoms with van der Waals surface area (Å²) in [6.45, 7) is 4.98. The summed E-state index contributed by atoms with van der Waals surface area (Å²) in [6, 6.07) is 5.11. The lowest BCUT2D eigenvalue weighted by Crippen LogP contribution is -2.01. The maximum Gasteiger partial charge on any atom is 0.308 e. The van der Waals surface area contributed by atoms with E-state index in [0.29, 0.717) is 21.6 Å². The Morgan fingerprint density at radius 1 is 1.55 bits per heavy atom. The predicted molar refractivity (Wildman–Crippen MR) is 96.1 cm³/mol. The van der Waals surface area contributed by atoms with Crippen LogP contribution in [0.15, 0.2) is 46.0 Å². The van der Waals surface area contributed by atoms with E-state index >= 15 is 0 Å². The number of ether oxygens (including phenoxy) is 1. The molecule has 1 aromatic rings. The predicted octanol–water partition coefficient (Wildman–Crippen LogP) is 4.26. The quantitative estimate of drug-likeness (QED) is 0.328. The second-order valence-electron chi connectivity index (χ2n) is 4.17. The zero-order chi connectivity index (χ0) is 16.1. The number of nitrogens with zero attached hydrogens (tertiary/aromatic N) is 1. The van der Waals surface area contributed by atoms with Crippen molar-refractivity contribution in [3.05, 3.63) is 46.6 Å². The second-order valence-corrected chi connectivity index (χ2v) is 7.26. The summed E-state index contributed by atoms with van der Waals surface area (Å²) in [5.41, 5.74) is 1.10. The van der Waals surface area contributed by atoms with Gasteiger partial charge in [0.25, 0.3) is 0 Å². The molecule has 4 nitrogen and oxygen atoms in total. The number of benzene rings is 1. The van der Waals surface area contributed by atoms with Gasteiger partial charge >= 0.3 is 5.97 Å². The van der Waals surface area contributed by atoms with Crippen LogP contribution in [0.2, 0.25) is 0 Å². The van der Waals surface area contributed by atoms with Crippen LogP contribution in [0.25, 0.3) is 6.08 Å². The SMILES string of the molecule is C=CCSC1=N/C(=C/c2cc(OC(C)=O)ccc2Br)C(=O)S1. The maximum absolute atomic E-state index is 12.0. The van der Waals surface area contributed by atoms with Gasteiger partial charge in [0, 0.05) is 17.1 Å². The molecule has 2 rings (SSSR count). The van der Waals surface area contributed by atoms with Crippen molar-refractivity contribution >= 4 is 61.0 Å². The number of carbonyl (C=O) groups excluding carboxylic acids is 2. The van der Waals surface area contributed by atoms with Crippen molar-refractivity contribution in [3.63, 3.8) is 0 Å². The van der Waals surface area contributed by atoms with Crippen LogP contribution in [0.4, 0.5) is 0 Å². The van der Waals surface area contributed by atoms with E-state index in [1.54, 1.807) is 30.4 Å². The average Bonchev–Trinajstić information content (AvgIpc) is 2.80. The van der Waals surface area contributed by atoms with E-state index in [1.807, 2.05) is 0 Å². The van der Waals surface area contributed by atoms with Gasteiger partial charge in [0.1, 0.15) is 15.8 Å². The van der Waals surface area contributed by atoms with Crippen LogP contribution < -0.4 is 4.74 Å². The summed E-state index contributed by atoms with van der Waals surface area (Å²) in [5, 5.41) is -0.101. The molecule has 0 bridgehead atoms. The number of hydrogen-bond acceptors (Lipinski definition) is 6. The Balaban J connectivity index is 2.27. The Morgan fingerprint density at radius 3 is 3.00 bits per heavy atom. The first-order valence-corrected chi connectivity index (χ1v) is 8.83. The molecule has 1 aromatic carbocycles. The Morgan fingerprint density at radius 2 is 2.32 bits per heavy atom. The van der Waals surface area contributed by atoms with Gasteiger partial charge in [-0.05, 0) is 41.6 Å². The van der Waals surface area contributed by atoms with Gasteiger partial charge in [-0.15, -0.1) is 6.58 Å². The van der Waals surface area contributed by atoms with Crippen molar-refractivity contribution in [1.82, 2.24) is 0 Å². The molecule has 1 heterocycles. The molecule has 114 valence electrons. The molecular formula is C15H12BrNO3S2. The third-order valence-electron chi connectivity index (χ3n) is 2.45. The van der Waals surface area contributed by atoms with Gasteiger partial charge in [-0.2, -0.15) is 0 Å².